The highest BCUT2D eigenvalue weighted by Crippen LogP contribution is 2.01. The van der Waals surface area contributed by atoms with Crippen molar-refractivity contribution in [2.45, 2.75) is 33.3 Å². The van der Waals surface area contributed by atoms with Gasteiger partial charge in [-0.05, 0) is 12.8 Å². The monoisotopic (exact) mass is 130 g/mol. The largest absolute Gasteiger partial charge is 0.386 e. The van der Waals surface area contributed by atoms with Crippen LogP contribution < -0.4 is 0 Å². The molecule has 0 aromatic rings. The molecule has 0 bridgehead atoms. The molecule has 0 heterocycles. The summed E-state index contributed by atoms with van der Waals surface area (Å²) < 4.78 is 0. The molecule has 0 spiro atoms. The molecule has 9 heavy (non-hydrogen) atoms. The standard InChI is InChI=1S/C7H14O2/c1-5(2)4-7(9)6(3)8/h5-6,8H,4H2,1-3H3/t6-/m0/s1. The van der Waals surface area contributed by atoms with Gasteiger partial charge in [0, 0.05) is 6.42 Å². The Balaban J connectivity index is 3.51. The molecule has 54 valence electrons. The van der Waals surface area contributed by atoms with Crippen LogP contribution >= 0.6 is 0 Å². The lowest BCUT2D eigenvalue weighted by molar-refractivity contribution is -0.126. The lowest BCUT2D eigenvalue weighted by atomic mass is 10.0. The summed E-state index contributed by atoms with van der Waals surface area (Å²) in [5.41, 5.74) is 0. The molecule has 0 aromatic heterocycles. The first-order chi connectivity index (χ1) is 4.04. The van der Waals surface area contributed by atoms with Crippen LogP contribution in [0.1, 0.15) is 27.2 Å². The summed E-state index contributed by atoms with van der Waals surface area (Å²) in [5, 5.41) is 8.72. The molecule has 0 rings (SSSR count). The average Bonchev–Trinajstić information content (AvgIpc) is 1.63. The van der Waals surface area contributed by atoms with E-state index in [0.717, 1.165) is 0 Å². The van der Waals surface area contributed by atoms with Gasteiger partial charge in [-0.2, -0.15) is 0 Å². The van der Waals surface area contributed by atoms with Crippen molar-refractivity contribution in [2.75, 3.05) is 0 Å². The van der Waals surface area contributed by atoms with Gasteiger partial charge in [0.2, 0.25) is 0 Å². The molecule has 0 fully saturated rings. The van der Waals surface area contributed by atoms with E-state index in [0.29, 0.717) is 12.3 Å². The van der Waals surface area contributed by atoms with Gasteiger partial charge in [0.25, 0.3) is 0 Å². The molecular weight excluding hydrogens is 116 g/mol. The van der Waals surface area contributed by atoms with Crippen molar-refractivity contribution >= 4 is 5.78 Å². The van der Waals surface area contributed by atoms with Gasteiger partial charge < -0.3 is 5.11 Å². The minimum absolute atomic E-state index is 0.0648. The van der Waals surface area contributed by atoms with Gasteiger partial charge in [0.05, 0.1) is 0 Å². The highest BCUT2D eigenvalue weighted by molar-refractivity contribution is 5.82. The fraction of sp³-hybridized carbons (Fsp3) is 0.857. The van der Waals surface area contributed by atoms with E-state index in [4.69, 9.17) is 5.11 Å². The fourth-order valence-corrected chi connectivity index (χ4v) is 0.573. The molecule has 2 nitrogen and oxygen atoms in total. The summed E-state index contributed by atoms with van der Waals surface area (Å²) in [6, 6.07) is 0. The van der Waals surface area contributed by atoms with Crippen LogP contribution in [0.5, 0.6) is 0 Å². The first-order valence-corrected chi connectivity index (χ1v) is 3.24. The van der Waals surface area contributed by atoms with Crippen molar-refractivity contribution in [1.29, 1.82) is 0 Å². The zero-order chi connectivity index (χ0) is 7.44. The van der Waals surface area contributed by atoms with E-state index in [2.05, 4.69) is 0 Å². The van der Waals surface area contributed by atoms with Crippen molar-refractivity contribution in [1.82, 2.24) is 0 Å². The van der Waals surface area contributed by atoms with E-state index < -0.39 is 6.10 Å². The number of aliphatic hydroxyl groups is 1. The fourth-order valence-electron chi connectivity index (χ4n) is 0.573. The number of carbonyl (C=O) groups is 1. The number of aliphatic hydroxyl groups excluding tert-OH is 1. The van der Waals surface area contributed by atoms with Gasteiger partial charge in [0.15, 0.2) is 5.78 Å². The summed E-state index contributed by atoms with van der Waals surface area (Å²) in [6.45, 7) is 5.42. The Labute approximate surface area is 55.9 Å². The van der Waals surface area contributed by atoms with Gasteiger partial charge >= 0.3 is 0 Å². The van der Waals surface area contributed by atoms with E-state index in [1.165, 1.54) is 6.92 Å². The maximum atomic E-state index is 10.7. The van der Waals surface area contributed by atoms with E-state index in [-0.39, 0.29) is 5.78 Å². The van der Waals surface area contributed by atoms with Crippen LogP contribution in [0.25, 0.3) is 0 Å². The van der Waals surface area contributed by atoms with Gasteiger partial charge in [-0.1, -0.05) is 13.8 Å². The number of rotatable bonds is 3. The minimum Gasteiger partial charge on any atom is -0.386 e. The molecule has 2 heteroatoms. The summed E-state index contributed by atoms with van der Waals surface area (Å²) in [6.07, 6.45) is -0.301. The Bertz CT molecular complexity index is 95.1. The molecule has 0 aliphatic carbocycles. The van der Waals surface area contributed by atoms with Crippen molar-refractivity contribution in [3.8, 4) is 0 Å². The maximum absolute atomic E-state index is 10.7. The first kappa shape index (κ1) is 8.63. The molecule has 0 aliphatic heterocycles. The average molecular weight is 130 g/mol. The third-order valence-corrected chi connectivity index (χ3v) is 1.08. The van der Waals surface area contributed by atoms with Crippen LogP contribution in [0.15, 0.2) is 0 Å². The van der Waals surface area contributed by atoms with Crippen LogP contribution in [-0.2, 0) is 4.79 Å². The number of carbonyl (C=O) groups excluding carboxylic acids is 1. The lowest BCUT2D eigenvalue weighted by Gasteiger charge is -2.04. The zero-order valence-electron chi connectivity index (χ0n) is 6.22. The van der Waals surface area contributed by atoms with E-state index in [9.17, 15) is 4.79 Å². The number of hydrogen-bond acceptors (Lipinski definition) is 2. The van der Waals surface area contributed by atoms with Crippen molar-refractivity contribution in [3.63, 3.8) is 0 Å². The Morgan fingerprint density at radius 3 is 2.00 bits per heavy atom. The molecular formula is C7H14O2. The van der Waals surface area contributed by atoms with Gasteiger partial charge in [-0.3, -0.25) is 4.79 Å². The van der Waals surface area contributed by atoms with Crippen LogP contribution in [0, 0.1) is 5.92 Å². The SMILES string of the molecule is CC(C)CC(=O)[C@H](C)O. The highest BCUT2D eigenvalue weighted by Gasteiger charge is 2.09. The predicted octanol–water partition coefficient (Wildman–Crippen LogP) is 0.982. The number of hydrogen-bond donors (Lipinski definition) is 1. The second-order valence-corrected chi connectivity index (χ2v) is 2.74. The third kappa shape index (κ3) is 4.15. The van der Waals surface area contributed by atoms with Gasteiger partial charge in [-0.15, -0.1) is 0 Å². The third-order valence-electron chi connectivity index (χ3n) is 1.08. The van der Waals surface area contributed by atoms with Crippen LogP contribution in [0.2, 0.25) is 0 Å². The molecule has 0 amide bonds. The number of Topliss-reactive ketones (excluding diaryl/α,β-unsaturated/α-hetero) is 1. The number of ketones is 1. The maximum Gasteiger partial charge on any atom is 0.161 e. The van der Waals surface area contributed by atoms with E-state index in [1.54, 1.807) is 0 Å². The molecule has 0 saturated carbocycles. The topological polar surface area (TPSA) is 37.3 Å². The first-order valence-electron chi connectivity index (χ1n) is 3.24. The highest BCUT2D eigenvalue weighted by atomic mass is 16.3. The molecule has 0 aliphatic rings. The van der Waals surface area contributed by atoms with Crippen molar-refractivity contribution < 1.29 is 9.90 Å². The Morgan fingerprint density at radius 2 is 1.89 bits per heavy atom. The second kappa shape index (κ2) is 3.62. The summed E-state index contributed by atoms with van der Waals surface area (Å²) in [5.74, 6) is 0.289. The molecule has 1 atom stereocenters. The van der Waals surface area contributed by atoms with E-state index in [1.807, 2.05) is 13.8 Å². The van der Waals surface area contributed by atoms with Crippen LogP contribution in [0.3, 0.4) is 0 Å². The summed E-state index contributed by atoms with van der Waals surface area (Å²) >= 11 is 0. The normalized spacial score (nSPS) is 13.9. The lowest BCUT2D eigenvalue weighted by Crippen LogP contribution is -2.17. The Morgan fingerprint density at radius 1 is 1.44 bits per heavy atom. The summed E-state index contributed by atoms with van der Waals surface area (Å²) in [7, 11) is 0. The summed E-state index contributed by atoms with van der Waals surface area (Å²) in [4.78, 5) is 10.7. The predicted molar refractivity (Wildman–Crippen MR) is 36.1 cm³/mol. The van der Waals surface area contributed by atoms with Crippen LogP contribution in [-0.4, -0.2) is 17.0 Å². The smallest absolute Gasteiger partial charge is 0.161 e. The quantitative estimate of drug-likeness (QED) is 0.618. The minimum atomic E-state index is -0.785. The Hall–Kier alpha value is -0.370. The zero-order valence-corrected chi connectivity index (χ0v) is 6.22. The molecule has 0 saturated heterocycles. The van der Waals surface area contributed by atoms with Gasteiger partial charge in [-0.25, -0.2) is 0 Å². The Kier molecular flexibility index (Phi) is 3.47. The molecule has 0 unspecified atom stereocenters. The molecule has 1 N–H and O–H groups in total. The van der Waals surface area contributed by atoms with E-state index >= 15 is 0 Å². The van der Waals surface area contributed by atoms with Crippen LogP contribution in [0.4, 0.5) is 0 Å². The van der Waals surface area contributed by atoms with Gasteiger partial charge in [0.1, 0.15) is 6.10 Å². The van der Waals surface area contributed by atoms with Crippen molar-refractivity contribution in [3.05, 3.63) is 0 Å². The molecule has 0 radical (unpaired) electrons. The second-order valence-electron chi connectivity index (χ2n) is 2.74. The van der Waals surface area contributed by atoms with Crippen molar-refractivity contribution in [2.24, 2.45) is 5.92 Å². The molecule has 0 aromatic carbocycles.